The van der Waals surface area contributed by atoms with Crippen molar-refractivity contribution in [2.45, 2.75) is 28.9 Å². The van der Waals surface area contributed by atoms with E-state index in [0.29, 0.717) is 0 Å². The summed E-state index contributed by atoms with van der Waals surface area (Å²) < 4.78 is 0. The first-order valence-corrected chi connectivity index (χ1v) is 6.62. The van der Waals surface area contributed by atoms with Gasteiger partial charge in [-0.25, -0.2) is 0 Å². The molecule has 0 fully saturated rings. The van der Waals surface area contributed by atoms with Crippen LogP contribution >= 0.6 is 23.5 Å². The van der Waals surface area contributed by atoms with E-state index in [0.717, 1.165) is 10.6 Å². The van der Waals surface area contributed by atoms with Crippen LogP contribution in [0.2, 0.25) is 0 Å². The Labute approximate surface area is 98.5 Å². The van der Waals surface area contributed by atoms with Gasteiger partial charge >= 0.3 is 5.97 Å². The van der Waals surface area contributed by atoms with Gasteiger partial charge in [-0.1, -0.05) is 6.92 Å². The fraction of sp³-hybridized carbons (Fsp3) is 0.364. The molecule has 0 radical (unpaired) electrons. The Morgan fingerprint density at radius 2 is 1.87 bits per heavy atom. The van der Waals surface area contributed by atoms with Crippen molar-refractivity contribution in [1.82, 2.24) is 0 Å². The summed E-state index contributed by atoms with van der Waals surface area (Å²) in [6.45, 7) is 3.81. The highest BCUT2D eigenvalue weighted by Crippen LogP contribution is 2.26. The predicted octanol–water partition coefficient (Wildman–Crippen LogP) is 3.36. The zero-order chi connectivity index (χ0) is 11.3. The monoisotopic (exact) mass is 242 g/mol. The number of thioether (sulfide) groups is 2. The average molecular weight is 242 g/mol. The van der Waals surface area contributed by atoms with E-state index >= 15 is 0 Å². The number of hydrogen-bond acceptors (Lipinski definition) is 3. The molecule has 0 saturated carbocycles. The molecule has 82 valence electrons. The van der Waals surface area contributed by atoms with Crippen LogP contribution in [-0.2, 0) is 4.79 Å². The zero-order valence-electron chi connectivity index (χ0n) is 8.77. The smallest absolute Gasteiger partial charge is 0.316 e. The van der Waals surface area contributed by atoms with Crippen molar-refractivity contribution in [3.8, 4) is 0 Å². The number of rotatable bonds is 5. The minimum atomic E-state index is -0.771. The SMILES string of the molecule is CCSc1ccc(SC(C)C(=O)O)cc1. The van der Waals surface area contributed by atoms with Crippen LogP contribution < -0.4 is 0 Å². The molecule has 1 rings (SSSR count). The fourth-order valence-corrected chi connectivity index (χ4v) is 2.50. The van der Waals surface area contributed by atoms with Crippen molar-refractivity contribution in [2.75, 3.05) is 5.75 Å². The first-order chi connectivity index (χ1) is 7.13. The second kappa shape index (κ2) is 6.08. The summed E-state index contributed by atoms with van der Waals surface area (Å²) in [4.78, 5) is 12.9. The van der Waals surface area contributed by atoms with Crippen LogP contribution in [0.5, 0.6) is 0 Å². The van der Waals surface area contributed by atoms with Gasteiger partial charge in [0, 0.05) is 9.79 Å². The molecular formula is C11H14O2S2. The van der Waals surface area contributed by atoms with Gasteiger partial charge in [0.2, 0.25) is 0 Å². The molecule has 0 saturated heterocycles. The van der Waals surface area contributed by atoms with Gasteiger partial charge in [-0.15, -0.1) is 23.5 Å². The second-order valence-corrected chi connectivity index (χ2v) is 5.75. The maximum atomic E-state index is 10.6. The van der Waals surface area contributed by atoms with Gasteiger partial charge in [-0.3, -0.25) is 4.79 Å². The first-order valence-electron chi connectivity index (χ1n) is 4.75. The highest BCUT2D eigenvalue weighted by atomic mass is 32.2. The second-order valence-electron chi connectivity index (χ2n) is 3.00. The summed E-state index contributed by atoms with van der Waals surface area (Å²) in [7, 11) is 0. The van der Waals surface area contributed by atoms with E-state index in [-0.39, 0.29) is 0 Å². The van der Waals surface area contributed by atoms with Crippen LogP contribution in [0.15, 0.2) is 34.1 Å². The number of carbonyl (C=O) groups is 1. The Morgan fingerprint density at radius 3 is 2.33 bits per heavy atom. The molecule has 1 N–H and O–H groups in total. The molecule has 1 atom stereocenters. The Bertz CT molecular complexity index is 322. The third kappa shape index (κ3) is 4.18. The summed E-state index contributed by atoms with van der Waals surface area (Å²) in [6, 6.07) is 8.01. The lowest BCUT2D eigenvalue weighted by Crippen LogP contribution is -2.10. The highest BCUT2D eigenvalue weighted by molar-refractivity contribution is 8.00. The lowest BCUT2D eigenvalue weighted by atomic mass is 10.4. The molecule has 4 heteroatoms. The summed E-state index contributed by atoms with van der Waals surface area (Å²) >= 11 is 3.15. The standard InChI is InChI=1S/C11H14O2S2/c1-3-14-9-4-6-10(7-5-9)15-8(2)11(12)13/h4-8H,3H2,1-2H3,(H,12,13). The Hall–Kier alpha value is -0.610. The van der Waals surface area contributed by atoms with E-state index in [9.17, 15) is 4.79 Å². The normalized spacial score (nSPS) is 12.4. The van der Waals surface area contributed by atoms with Gasteiger partial charge in [-0.2, -0.15) is 0 Å². The number of benzene rings is 1. The van der Waals surface area contributed by atoms with Crippen molar-refractivity contribution in [3.05, 3.63) is 24.3 Å². The predicted molar refractivity (Wildman–Crippen MR) is 65.8 cm³/mol. The van der Waals surface area contributed by atoms with E-state index in [4.69, 9.17) is 5.11 Å². The Morgan fingerprint density at radius 1 is 1.33 bits per heavy atom. The maximum Gasteiger partial charge on any atom is 0.316 e. The molecule has 0 heterocycles. The Kier molecular flexibility index (Phi) is 5.05. The summed E-state index contributed by atoms with van der Waals surface area (Å²) in [6.07, 6.45) is 0. The molecule has 1 aromatic rings. The lowest BCUT2D eigenvalue weighted by Gasteiger charge is -2.06. The van der Waals surface area contributed by atoms with Gasteiger partial charge < -0.3 is 5.11 Å². The van der Waals surface area contributed by atoms with Crippen LogP contribution in [0.3, 0.4) is 0 Å². The molecule has 1 aromatic carbocycles. The van der Waals surface area contributed by atoms with Gasteiger partial charge in [0.05, 0.1) is 0 Å². The third-order valence-electron chi connectivity index (χ3n) is 1.80. The number of carboxylic acid groups (broad SMARTS) is 1. The Balaban J connectivity index is 2.60. The molecule has 1 unspecified atom stereocenters. The molecular weight excluding hydrogens is 228 g/mol. The van der Waals surface area contributed by atoms with E-state index < -0.39 is 11.2 Å². The van der Waals surface area contributed by atoms with E-state index in [1.807, 2.05) is 24.3 Å². The van der Waals surface area contributed by atoms with Gasteiger partial charge in [0.25, 0.3) is 0 Å². The topological polar surface area (TPSA) is 37.3 Å². The maximum absolute atomic E-state index is 10.6. The molecule has 0 amide bonds. The van der Waals surface area contributed by atoms with Crippen LogP contribution in [0.25, 0.3) is 0 Å². The lowest BCUT2D eigenvalue weighted by molar-refractivity contribution is -0.136. The van der Waals surface area contributed by atoms with Crippen LogP contribution in [-0.4, -0.2) is 22.1 Å². The van der Waals surface area contributed by atoms with Crippen molar-refractivity contribution in [1.29, 1.82) is 0 Å². The molecule has 0 aliphatic rings. The average Bonchev–Trinajstić information content (AvgIpc) is 2.21. The van der Waals surface area contributed by atoms with Gasteiger partial charge in [0.1, 0.15) is 5.25 Å². The summed E-state index contributed by atoms with van der Waals surface area (Å²) in [5, 5.41) is 8.36. The van der Waals surface area contributed by atoms with Gasteiger partial charge in [0.15, 0.2) is 0 Å². The van der Waals surface area contributed by atoms with E-state index in [2.05, 4.69) is 6.92 Å². The highest BCUT2D eigenvalue weighted by Gasteiger charge is 2.11. The van der Waals surface area contributed by atoms with E-state index in [1.165, 1.54) is 16.7 Å². The van der Waals surface area contributed by atoms with Crippen LogP contribution in [0.4, 0.5) is 0 Å². The van der Waals surface area contributed by atoms with Crippen LogP contribution in [0, 0.1) is 0 Å². The molecule has 0 aliphatic carbocycles. The quantitative estimate of drug-likeness (QED) is 0.803. The number of aliphatic carboxylic acids is 1. The molecule has 0 aromatic heterocycles. The minimum absolute atomic E-state index is 0.394. The summed E-state index contributed by atoms with van der Waals surface area (Å²) in [5.74, 6) is 0.282. The van der Waals surface area contributed by atoms with Gasteiger partial charge in [-0.05, 0) is 36.9 Å². The number of hydrogen-bond donors (Lipinski definition) is 1. The van der Waals surface area contributed by atoms with Crippen molar-refractivity contribution in [3.63, 3.8) is 0 Å². The number of carboxylic acids is 1. The van der Waals surface area contributed by atoms with E-state index in [1.54, 1.807) is 18.7 Å². The molecule has 15 heavy (non-hydrogen) atoms. The van der Waals surface area contributed by atoms with Crippen molar-refractivity contribution in [2.24, 2.45) is 0 Å². The minimum Gasteiger partial charge on any atom is -0.480 e. The van der Waals surface area contributed by atoms with Crippen molar-refractivity contribution >= 4 is 29.5 Å². The molecule has 0 spiro atoms. The van der Waals surface area contributed by atoms with Crippen LogP contribution in [0.1, 0.15) is 13.8 Å². The zero-order valence-corrected chi connectivity index (χ0v) is 10.4. The molecule has 2 nitrogen and oxygen atoms in total. The summed E-state index contributed by atoms with van der Waals surface area (Å²) in [5.41, 5.74) is 0. The largest absolute Gasteiger partial charge is 0.480 e. The third-order valence-corrected chi connectivity index (χ3v) is 3.79. The first kappa shape index (κ1) is 12.5. The molecule has 0 bridgehead atoms. The fourth-order valence-electron chi connectivity index (χ4n) is 1.04. The van der Waals surface area contributed by atoms with Crippen molar-refractivity contribution < 1.29 is 9.90 Å². The molecule has 0 aliphatic heterocycles.